The molecule has 0 radical (unpaired) electrons. The van der Waals surface area contributed by atoms with Gasteiger partial charge in [-0.05, 0) is 12.8 Å². The largest absolute Gasteiger partial charge is 2.00 e. The van der Waals surface area contributed by atoms with Gasteiger partial charge in [0.25, 0.3) is 0 Å². The minimum Gasteiger partial charge on any atom is -0.748 e. The summed E-state index contributed by atoms with van der Waals surface area (Å²) < 4.78 is 61.1. The zero-order chi connectivity index (χ0) is 18.2. The fourth-order valence-corrected chi connectivity index (χ4v) is 5.54. The van der Waals surface area contributed by atoms with E-state index < -0.39 is 36.4 Å². The van der Waals surface area contributed by atoms with Crippen LogP contribution in [0.2, 0.25) is 51.4 Å². The van der Waals surface area contributed by atoms with Gasteiger partial charge in [-0.25, -0.2) is 16.8 Å². The van der Waals surface area contributed by atoms with Gasteiger partial charge in [0.15, 0.2) is 0 Å². The molecule has 0 atom stereocenters. The third kappa shape index (κ3) is 35.0. The zero-order valence-electron chi connectivity index (χ0n) is 14.9. The van der Waals surface area contributed by atoms with Crippen molar-refractivity contribution >= 4 is 36.4 Å². The summed E-state index contributed by atoms with van der Waals surface area (Å²) in [6.07, 6.45) is 1.06. The second-order valence-corrected chi connectivity index (χ2v) is 22.1. The van der Waals surface area contributed by atoms with Crippen LogP contribution in [0.4, 0.5) is 0 Å². The Morgan fingerprint density at radius 1 is 0.652 bits per heavy atom. The Morgan fingerprint density at radius 2 is 0.870 bits per heavy atom. The molecule has 0 saturated carbocycles. The van der Waals surface area contributed by atoms with Gasteiger partial charge in [0.1, 0.15) is 0 Å². The molecule has 0 rings (SSSR count). The summed E-state index contributed by atoms with van der Waals surface area (Å²) in [4.78, 5) is 0. The molecule has 23 heavy (non-hydrogen) atoms. The minimum atomic E-state index is -3.97. The first-order chi connectivity index (χ1) is 9.41. The van der Waals surface area contributed by atoms with Crippen LogP contribution in [0.25, 0.3) is 0 Å². The molecule has 0 amide bonds. The quantitative estimate of drug-likeness (QED) is 0.381. The maximum atomic E-state index is 10.2. The average Bonchev–Trinajstić information content (AvgIpc) is 2.08. The van der Waals surface area contributed by atoms with Gasteiger partial charge in [-0.15, -0.1) is 0 Å². The Balaban J connectivity index is -0.000000333. The fourth-order valence-electron chi connectivity index (χ4n) is 1.56. The summed E-state index contributed by atoms with van der Waals surface area (Å²) in [5.74, 6) is -0.394. The number of rotatable bonds is 8. The fraction of sp³-hybridized carbons (Fsp3) is 1.00. The third-order valence-corrected chi connectivity index (χ3v) is 7.93. The maximum Gasteiger partial charge on any atom is 2.00 e. The first-order valence-corrected chi connectivity index (χ1v) is 17.9. The second kappa shape index (κ2) is 11.5. The molecule has 0 aliphatic heterocycles. The summed E-state index contributed by atoms with van der Waals surface area (Å²) in [5.41, 5.74) is 0. The molecule has 142 valence electrons. The number of hydrogen-bond donors (Lipinski definition) is 0. The van der Waals surface area contributed by atoms with Crippen molar-refractivity contribution in [1.82, 2.24) is 0 Å². The van der Waals surface area contributed by atoms with Crippen LogP contribution in [-0.4, -0.2) is 53.6 Å². The van der Waals surface area contributed by atoms with Crippen molar-refractivity contribution in [2.45, 2.75) is 64.2 Å². The molecule has 0 aromatic heterocycles. The Labute approximate surface area is 157 Å². The van der Waals surface area contributed by atoms with E-state index in [0.29, 0.717) is 12.8 Å². The van der Waals surface area contributed by atoms with Crippen LogP contribution in [-0.2, 0) is 39.7 Å². The molecular formula is C12H30O6RuS2Si2. The predicted molar refractivity (Wildman–Crippen MR) is 94.7 cm³/mol. The molecule has 0 N–H and O–H groups in total. The molecule has 0 unspecified atom stereocenters. The molecule has 0 spiro atoms. The van der Waals surface area contributed by atoms with Crippen molar-refractivity contribution in [3.05, 3.63) is 0 Å². The molecule has 0 bridgehead atoms. The van der Waals surface area contributed by atoms with Gasteiger partial charge in [-0.1, -0.05) is 51.4 Å². The first kappa shape index (κ1) is 28.7. The molecule has 0 heterocycles. The Bertz CT molecular complexity index is 459. The van der Waals surface area contributed by atoms with Crippen molar-refractivity contribution in [2.75, 3.05) is 11.5 Å². The van der Waals surface area contributed by atoms with E-state index in [-0.39, 0.29) is 31.0 Å². The van der Waals surface area contributed by atoms with Crippen LogP contribution in [0.15, 0.2) is 0 Å². The van der Waals surface area contributed by atoms with E-state index in [2.05, 4.69) is 39.3 Å². The topological polar surface area (TPSA) is 114 Å². The third-order valence-electron chi connectivity index (χ3n) is 2.64. The van der Waals surface area contributed by atoms with Gasteiger partial charge in [0, 0.05) is 27.7 Å². The molecular weight excluding hydrogens is 462 g/mol. The van der Waals surface area contributed by atoms with E-state index >= 15 is 0 Å². The second-order valence-electron chi connectivity index (χ2n) is 7.85. The van der Waals surface area contributed by atoms with Crippen molar-refractivity contribution in [3.8, 4) is 0 Å². The summed E-state index contributed by atoms with van der Waals surface area (Å²) in [6.45, 7) is 12.9. The first-order valence-electron chi connectivity index (χ1n) is 7.28. The van der Waals surface area contributed by atoms with Gasteiger partial charge in [0.05, 0.1) is 20.2 Å². The summed E-state index contributed by atoms with van der Waals surface area (Å²) >= 11 is 0. The summed E-state index contributed by atoms with van der Waals surface area (Å²) in [5, 5.41) is 0. The molecule has 0 aromatic carbocycles. The minimum absolute atomic E-state index is 0. The van der Waals surface area contributed by atoms with Crippen LogP contribution >= 0.6 is 0 Å². The molecule has 11 heteroatoms. The Kier molecular flexibility index (Phi) is 14.3. The normalized spacial score (nSPS) is 12.9. The molecule has 0 aliphatic rings. The van der Waals surface area contributed by atoms with Crippen LogP contribution < -0.4 is 0 Å². The van der Waals surface area contributed by atoms with Crippen molar-refractivity contribution < 1.29 is 45.4 Å². The molecule has 0 saturated heterocycles. The smallest absolute Gasteiger partial charge is 0.748 e. The van der Waals surface area contributed by atoms with E-state index in [0.717, 1.165) is 12.1 Å². The monoisotopic (exact) mass is 492 g/mol. The van der Waals surface area contributed by atoms with E-state index in [9.17, 15) is 25.9 Å². The summed E-state index contributed by atoms with van der Waals surface area (Å²) in [6, 6.07) is 1.82. The molecule has 6 nitrogen and oxygen atoms in total. The Morgan fingerprint density at radius 3 is 1.00 bits per heavy atom. The maximum absolute atomic E-state index is 10.2. The van der Waals surface area contributed by atoms with E-state index in [4.69, 9.17) is 0 Å². The van der Waals surface area contributed by atoms with Crippen molar-refractivity contribution in [2.24, 2.45) is 0 Å². The van der Waals surface area contributed by atoms with E-state index in [1.165, 1.54) is 0 Å². The van der Waals surface area contributed by atoms with Gasteiger partial charge in [0.2, 0.25) is 0 Å². The van der Waals surface area contributed by atoms with Gasteiger partial charge < -0.3 is 9.11 Å². The summed E-state index contributed by atoms with van der Waals surface area (Å²) in [7, 11) is -10.3. The van der Waals surface area contributed by atoms with E-state index in [1.54, 1.807) is 0 Å². The molecule has 0 aliphatic carbocycles. The van der Waals surface area contributed by atoms with Gasteiger partial charge in [-0.3, -0.25) is 0 Å². The van der Waals surface area contributed by atoms with Crippen molar-refractivity contribution in [3.63, 3.8) is 0 Å². The number of hydrogen-bond acceptors (Lipinski definition) is 6. The predicted octanol–water partition coefficient (Wildman–Crippen LogP) is 2.52. The van der Waals surface area contributed by atoms with Gasteiger partial charge in [-0.2, -0.15) is 0 Å². The molecule has 0 aromatic rings. The van der Waals surface area contributed by atoms with E-state index in [1.807, 2.05) is 0 Å². The van der Waals surface area contributed by atoms with Crippen LogP contribution in [0.3, 0.4) is 0 Å². The van der Waals surface area contributed by atoms with Crippen LogP contribution in [0.1, 0.15) is 12.8 Å². The van der Waals surface area contributed by atoms with Crippen LogP contribution in [0.5, 0.6) is 0 Å². The van der Waals surface area contributed by atoms with Crippen LogP contribution in [0, 0.1) is 0 Å². The SMILES string of the molecule is C[Si](C)(C)CCCS(=O)(=O)[O-].C[Si](C)(C)CCCS(=O)(=O)[O-].[Ru+2]. The zero-order valence-corrected chi connectivity index (χ0v) is 20.2. The van der Waals surface area contributed by atoms with Gasteiger partial charge >= 0.3 is 19.5 Å². The average molecular weight is 492 g/mol. The Hall–Kier alpha value is 0.877. The van der Waals surface area contributed by atoms with Crippen molar-refractivity contribution in [1.29, 1.82) is 0 Å². The standard InChI is InChI=1S/2C6H16O3SSi.Ru/c2*1-11(2,3)6-4-5-10(7,8)9;/h2*4-6H2,1-3H3,(H,7,8,9);/q;;+2/p-2. The molecule has 0 fully saturated rings.